The number of fused-ring (bicyclic) bond motifs is 2. The number of ether oxygens (including phenoxy) is 2. The summed E-state index contributed by atoms with van der Waals surface area (Å²) in [7, 11) is 0. The largest absolute Gasteiger partial charge is 0.455 e. The van der Waals surface area contributed by atoms with Gasteiger partial charge in [-0.1, -0.05) is 6.58 Å². The molecule has 9 heteroatoms. The van der Waals surface area contributed by atoms with Gasteiger partial charge in [-0.05, 0) is 25.8 Å². The normalized spacial score (nSPS) is 35.2. The Bertz CT molecular complexity index is 482. The van der Waals surface area contributed by atoms with E-state index in [-0.39, 0.29) is 12.6 Å². The summed E-state index contributed by atoms with van der Waals surface area (Å²) in [5, 5.41) is 2.30. The van der Waals surface area contributed by atoms with E-state index in [2.05, 4.69) is 11.9 Å². The van der Waals surface area contributed by atoms with Gasteiger partial charge in [0, 0.05) is 0 Å². The van der Waals surface area contributed by atoms with Crippen molar-refractivity contribution in [3.05, 3.63) is 12.7 Å². The molecule has 0 saturated carbocycles. The highest BCUT2D eigenvalue weighted by atomic mass is 32.2. The highest BCUT2D eigenvalue weighted by Gasteiger charge is 2.61. The summed E-state index contributed by atoms with van der Waals surface area (Å²) in [6.45, 7) is 4.52. The summed E-state index contributed by atoms with van der Waals surface area (Å²) in [5.41, 5.74) is -1.18. The molecule has 2 fully saturated rings. The fourth-order valence-electron chi connectivity index (χ4n) is 2.72. The maximum absolute atomic E-state index is 11.7. The Morgan fingerprint density at radius 2 is 2.29 bits per heavy atom. The molecule has 2 heterocycles. The number of nitrogens with one attached hydrogen (secondary N) is 1. The zero-order valence-electron chi connectivity index (χ0n) is 11.4. The van der Waals surface area contributed by atoms with Crippen LogP contribution in [0.3, 0.4) is 0 Å². The van der Waals surface area contributed by atoms with Crippen LogP contribution < -0.4 is 5.32 Å². The highest BCUT2D eigenvalue weighted by Crippen LogP contribution is 2.45. The molecule has 1 amide bonds. The summed E-state index contributed by atoms with van der Waals surface area (Å²) >= 11 is -2.50. The van der Waals surface area contributed by atoms with Gasteiger partial charge < -0.3 is 14.8 Å². The maximum atomic E-state index is 11.7. The van der Waals surface area contributed by atoms with Crippen molar-refractivity contribution < 1.29 is 32.0 Å². The van der Waals surface area contributed by atoms with Gasteiger partial charge in [-0.3, -0.25) is 18.3 Å². The van der Waals surface area contributed by atoms with E-state index in [4.69, 9.17) is 18.2 Å². The van der Waals surface area contributed by atoms with E-state index in [1.807, 2.05) is 0 Å². The van der Waals surface area contributed by atoms with Gasteiger partial charge in [0.15, 0.2) is 11.7 Å². The first-order chi connectivity index (χ1) is 9.86. The first kappa shape index (κ1) is 16.1. The van der Waals surface area contributed by atoms with Crippen LogP contribution in [0.2, 0.25) is 0 Å². The molecule has 0 radical (unpaired) electrons. The van der Waals surface area contributed by atoms with Crippen molar-refractivity contribution in [2.45, 2.75) is 43.7 Å². The van der Waals surface area contributed by atoms with Crippen LogP contribution in [0.5, 0.6) is 0 Å². The Labute approximate surface area is 124 Å². The zero-order valence-corrected chi connectivity index (χ0v) is 12.3. The molecule has 0 aromatic heterocycles. The second-order valence-electron chi connectivity index (χ2n) is 5.06. The molecule has 5 unspecified atom stereocenters. The van der Waals surface area contributed by atoms with E-state index in [1.54, 1.807) is 6.92 Å². The minimum atomic E-state index is -2.50. The van der Waals surface area contributed by atoms with Gasteiger partial charge in [-0.2, -0.15) is 4.21 Å². The minimum absolute atomic E-state index is 0.322. The van der Waals surface area contributed by atoms with Crippen molar-refractivity contribution in [3.8, 4) is 0 Å². The third kappa shape index (κ3) is 3.31. The Balaban J connectivity index is 2.00. The zero-order chi connectivity index (χ0) is 15.6. The van der Waals surface area contributed by atoms with E-state index < -0.39 is 41.0 Å². The molecule has 2 saturated heterocycles. The number of hydrogen-bond acceptors (Lipinski definition) is 6. The fraction of sp³-hybridized carbons (Fsp3) is 0.667. The molecule has 2 bridgehead atoms. The molecular weight excluding hydrogens is 302 g/mol. The third-order valence-electron chi connectivity index (χ3n) is 3.70. The Hall–Kier alpha value is -1.29. The topological polar surface area (TPSA) is 111 Å². The number of hydrogen-bond donors (Lipinski definition) is 2. The van der Waals surface area contributed by atoms with E-state index >= 15 is 0 Å². The van der Waals surface area contributed by atoms with Crippen LogP contribution in [0.25, 0.3) is 0 Å². The molecule has 5 atom stereocenters. The molecule has 2 N–H and O–H groups in total. The number of esters is 1. The minimum Gasteiger partial charge on any atom is -0.455 e. The number of amides is 1. The lowest BCUT2D eigenvalue weighted by Crippen LogP contribution is -2.53. The SMILES string of the molecule is C=CC(=O)NCC(=O)OC1C2CCC(O2)C1(C)OS(=O)O. The van der Waals surface area contributed by atoms with Crippen LogP contribution in [0.4, 0.5) is 0 Å². The van der Waals surface area contributed by atoms with Crippen molar-refractivity contribution >= 4 is 23.2 Å². The quantitative estimate of drug-likeness (QED) is 0.392. The molecule has 0 spiro atoms. The Morgan fingerprint density at radius 3 is 2.90 bits per heavy atom. The van der Waals surface area contributed by atoms with Crippen molar-refractivity contribution in [2.75, 3.05) is 6.54 Å². The molecule has 0 aromatic rings. The molecule has 0 aliphatic carbocycles. The summed E-state index contributed by atoms with van der Waals surface area (Å²) in [5.74, 6) is -1.17. The van der Waals surface area contributed by atoms with Crippen LogP contribution in [-0.4, -0.2) is 51.1 Å². The number of carbonyl (C=O) groups is 2. The molecule has 2 rings (SSSR count). The molecule has 0 aromatic carbocycles. The predicted octanol–water partition coefficient (Wildman–Crippen LogP) is -0.326. The lowest BCUT2D eigenvalue weighted by Gasteiger charge is -2.35. The molecule has 2 aliphatic heterocycles. The van der Waals surface area contributed by atoms with Gasteiger partial charge in [0.25, 0.3) is 0 Å². The molecule has 8 nitrogen and oxygen atoms in total. The monoisotopic (exact) mass is 319 g/mol. The summed E-state index contributed by atoms with van der Waals surface area (Å²) in [4.78, 5) is 22.7. The second kappa shape index (κ2) is 6.22. The van der Waals surface area contributed by atoms with Crippen LogP contribution in [0.15, 0.2) is 12.7 Å². The van der Waals surface area contributed by atoms with Gasteiger partial charge in [0.1, 0.15) is 6.54 Å². The average Bonchev–Trinajstić information content (AvgIpc) is 2.98. The van der Waals surface area contributed by atoms with Crippen LogP contribution >= 0.6 is 0 Å². The molecule has 21 heavy (non-hydrogen) atoms. The molecule has 118 valence electrons. The Kier molecular flexibility index (Phi) is 4.77. The predicted molar refractivity (Wildman–Crippen MR) is 71.2 cm³/mol. The smallest absolute Gasteiger partial charge is 0.325 e. The fourth-order valence-corrected chi connectivity index (χ4v) is 3.23. The lowest BCUT2D eigenvalue weighted by atomic mass is 9.83. The second-order valence-corrected chi connectivity index (χ2v) is 5.66. The number of rotatable bonds is 6. The van der Waals surface area contributed by atoms with Gasteiger partial charge in [-0.15, -0.1) is 0 Å². The molecular formula is C12H17NO7S. The van der Waals surface area contributed by atoms with E-state index in [9.17, 15) is 13.8 Å². The van der Waals surface area contributed by atoms with Gasteiger partial charge in [-0.25, -0.2) is 0 Å². The summed E-state index contributed by atoms with van der Waals surface area (Å²) in [6, 6.07) is 0. The average molecular weight is 319 g/mol. The van der Waals surface area contributed by atoms with Crippen molar-refractivity contribution in [1.29, 1.82) is 0 Å². The van der Waals surface area contributed by atoms with Crippen molar-refractivity contribution in [3.63, 3.8) is 0 Å². The Morgan fingerprint density at radius 1 is 1.57 bits per heavy atom. The maximum Gasteiger partial charge on any atom is 0.325 e. The van der Waals surface area contributed by atoms with E-state index in [1.165, 1.54) is 0 Å². The first-order valence-corrected chi connectivity index (χ1v) is 7.45. The van der Waals surface area contributed by atoms with Crippen LogP contribution in [0, 0.1) is 0 Å². The van der Waals surface area contributed by atoms with Gasteiger partial charge in [0.05, 0.1) is 12.2 Å². The third-order valence-corrected chi connectivity index (χ3v) is 4.20. The van der Waals surface area contributed by atoms with Gasteiger partial charge >= 0.3 is 17.3 Å². The van der Waals surface area contributed by atoms with Crippen molar-refractivity contribution in [1.82, 2.24) is 5.32 Å². The van der Waals surface area contributed by atoms with Gasteiger partial charge in [0.2, 0.25) is 5.91 Å². The van der Waals surface area contributed by atoms with Crippen molar-refractivity contribution in [2.24, 2.45) is 0 Å². The summed E-state index contributed by atoms with van der Waals surface area (Å²) in [6.07, 6.45) is 0.816. The standard InChI is InChI=1S/C12H17NO7S/c1-3-9(14)13-6-10(15)19-11-7-4-5-8(18-7)12(11,2)20-21(16)17/h3,7-8,11H,1,4-6H2,2H3,(H,13,14)(H,16,17). The number of carbonyl (C=O) groups excluding carboxylic acids is 2. The van der Waals surface area contributed by atoms with Crippen LogP contribution in [0.1, 0.15) is 19.8 Å². The van der Waals surface area contributed by atoms with E-state index in [0.29, 0.717) is 12.8 Å². The molecule has 2 aliphatic rings. The first-order valence-electron chi connectivity index (χ1n) is 6.42. The highest BCUT2D eigenvalue weighted by molar-refractivity contribution is 7.74. The summed E-state index contributed by atoms with van der Waals surface area (Å²) < 4.78 is 35.8. The van der Waals surface area contributed by atoms with Crippen LogP contribution in [-0.2, 0) is 34.6 Å². The lowest BCUT2D eigenvalue weighted by molar-refractivity contribution is -0.160. The van der Waals surface area contributed by atoms with E-state index in [0.717, 1.165) is 6.08 Å².